The minimum absolute atomic E-state index is 0.0756. The second-order valence-electron chi connectivity index (χ2n) is 9.58. The topological polar surface area (TPSA) is 87.7 Å². The third kappa shape index (κ3) is 5.29. The molecule has 1 aromatic heterocycles. The molecular weight excluding hydrogens is 518 g/mol. The highest BCUT2D eigenvalue weighted by molar-refractivity contribution is 7.72. The van der Waals surface area contributed by atoms with Gasteiger partial charge in [0.05, 0.1) is 29.5 Å². The van der Waals surface area contributed by atoms with E-state index in [1.807, 2.05) is 0 Å². The van der Waals surface area contributed by atoms with Crippen molar-refractivity contribution in [2.45, 2.75) is 26.3 Å². The molecule has 0 unspecified atom stereocenters. The SMILES string of the molecule is COc1cc2nc(C)nc(N[C@H](C)c3cccc(C(F)F)c3F)c2cc1P1(=O)CCN(C(=O)N(C)C)CC1. The number of nitrogens with zero attached hydrogens (tertiary/aromatic N) is 4. The number of benzene rings is 2. The van der Waals surface area contributed by atoms with E-state index in [9.17, 15) is 22.5 Å². The first-order chi connectivity index (χ1) is 17.9. The van der Waals surface area contributed by atoms with Gasteiger partial charge in [-0.15, -0.1) is 0 Å². The predicted octanol–water partition coefficient (Wildman–Crippen LogP) is 5.18. The van der Waals surface area contributed by atoms with Crippen molar-refractivity contribution in [1.29, 1.82) is 0 Å². The van der Waals surface area contributed by atoms with Crippen LogP contribution in [0.1, 0.15) is 36.3 Å². The number of rotatable bonds is 6. The molecule has 0 radical (unpaired) electrons. The highest BCUT2D eigenvalue weighted by Gasteiger charge is 2.35. The van der Waals surface area contributed by atoms with Crippen LogP contribution in [0.25, 0.3) is 10.9 Å². The van der Waals surface area contributed by atoms with Gasteiger partial charge in [0, 0.05) is 56.5 Å². The van der Waals surface area contributed by atoms with Crippen molar-refractivity contribution < 1.29 is 27.3 Å². The Morgan fingerprint density at radius 2 is 1.82 bits per heavy atom. The van der Waals surface area contributed by atoms with Crippen molar-refractivity contribution in [3.05, 3.63) is 53.1 Å². The van der Waals surface area contributed by atoms with Crippen molar-refractivity contribution in [3.63, 3.8) is 0 Å². The lowest BCUT2D eigenvalue weighted by Crippen LogP contribution is -2.45. The number of alkyl halides is 2. The van der Waals surface area contributed by atoms with Crippen LogP contribution in [0.15, 0.2) is 30.3 Å². The maximum Gasteiger partial charge on any atom is 0.319 e. The second kappa shape index (κ2) is 10.8. The maximum absolute atomic E-state index is 14.8. The van der Waals surface area contributed by atoms with Gasteiger partial charge in [0.15, 0.2) is 0 Å². The summed E-state index contributed by atoms with van der Waals surface area (Å²) in [4.78, 5) is 24.5. The van der Waals surface area contributed by atoms with E-state index in [0.29, 0.717) is 59.0 Å². The van der Waals surface area contributed by atoms with Crippen LogP contribution in [0, 0.1) is 12.7 Å². The lowest BCUT2D eigenvalue weighted by atomic mass is 10.0. The molecule has 2 heterocycles. The average Bonchev–Trinajstić information content (AvgIpc) is 2.87. The van der Waals surface area contributed by atoms with E-state index in [1.54, 1.807) is 45.0 Å². The lowest BCUT2D eigenvalue weighted by molar-refractivity contribution is 0.146. The fraction of sp³-hybridized carbons (Fsp3) is 0.423. The summed E-state index contributed by atoms with van der Waals surface area (Å²) in [7, 11) is 1.90. The fourth-order valence-electron chi connectivity index (χ4n) is 4.71. The molecular formula is C26H31F3N5O3P. The summed E-state index contributed by atoms with van der Waals surface area (Å²) in [5, 5.41) is 4.21. The van der Waals surface area contributed by atoms with Gasteiger partial charge < -0.3 is 24.4 Å². The molecule has 1 N–H and O–H groups in total. The number of ether oxygens (including phenoxy) is 1. The number of amides is 2. The van der Waals surface area contributed by atoms with Crippen LogP contribution in [-0.2, 0) is 4.57 Å². The fourth-order valence-corrected chi connectivity index (χ4v) is 7.47. The number of nitrogens with one attached hydrogen (secondary N) is 1. The standard InChI is InChI=1S/C26H31F3N5O3P/c1-15(17-7-6-8-18(23(17)27)24(28)29)30-25-19-13-22(21(37-5)14-20(19)31-16(2)32-25)38(36)11-9-34(10-12-38)26(35)33(3)4/h6-8,13-15,24H,9-12H2,1-5H3,(H,30,31,32)/t15-/m1/s1. The number of aryl methyl sites for hydroxylation is 1. The second-order valence-corrected chi connectivity index (χ2v) is 12.7. The third-order valence-electron chi connectivity index (χ3n) is 6.78. The van der Waals surface area contributed by atoms with Crippen LogP contribution in [-0.4, -0.2) is 72.4 Å². The molecule has 1 aliphatic heterocycles. The van der Waals surface area contributed by atoms with Gasteiger partial charge in [0.25, 0.3) is 6.43 Å². The van der Waals surface area contributed by atoms with E-state index in [2.05, 4.69) is 15.3 Å². The lowest BCUT2D eigenvalue weighted by Gasteiger charge is -2.34. The largest absolute Gasteiger partial charge is 0.496 e. The van der Waals surface area contributed by atoms with Gasteiger partial charge in [-0.2, -0.15) is 0 Å². The van der Waals surface area contributed by atoms with Gasteiger partial charge in [-0.3, -0.25) is 0 Å². The smallest absolute Gasteiger partial charge is 0.319 e. The van der Waals surface area contributed by atoms with Gasteiger partial charge in [-0.05, 0) is 19.9 Å². The Bertz CT molecular complexity index is 1410. The summed E-state index contributed by atoms with van der Waals surface area (Å²) < 4.78 is 61.1. The summed E-state index contributed by atoms with van der Waals surface area (Å²) in [6.45, 7) is 4.05. The van der Waals surface area contributed by atoms with Crippen molar-refractivity contribution >= 4 is 35.2 Å². The van der Waals surface area contributed by atoms with E-state index in [-0.39, 0.29) is 11.6 Å². The van der Waals surface area contributed by atoms with E-state index in [1.165, 1.54) is 24.1 Å². The van der Waals surface area contributed by atoms with Gasteiger partial charge in [0.2, 0.25) is 0 Å². The summed E-state index contributed by atoms with van der Waals surface area (Å²) in [5.41, 5.74) is -0.0570. The van der Waals surface area contributed by atoms with Gasteiger partial charge in [0.1, 0.15) is 30.4 Å². The Labute approximate surface area is 219 Å². The Balaban J connectivity index is 1.73. The highest BCUT2D eigenvalue weighted by Crippen LogP contribution is 2.49. The first-order valence-electron chi connectivity index (χ1n) is 12.2. The Morgan fingerprint density at radius 1 is 1.16 bits per heavy atom. The van der Waals surface area contributed by atoms with Crippen LogP contribution in [0.3, 0.4) is 0 Å². The Hall–Kier alpha value is -3.33. The van der Waals surface area contributed by atoms with Crippen molar-refractivity contribution in [3.8, 4) is 5.75 Å². The molecule has 0 bridgehead atoms. The number of anilines is 1. The molecule has 4 rings (SSSR count). The normalized spacial score (nSPS) is 16.0. The highest BCUT2D eigenvalue weighted by atomic mass is 31.2. The molecule has 1 fully saturated rings. The summed E-state index contributed by atoms with van der Waals surface area (Å²) in [5.74, 6) is 0.258. The molecule has 2 amide bonds. The first kappa shape index (κ1) is 27.7. The molecule has 2 aromatic carbocycles. The number of urea groups is 1. The molecule has 0 saturated carbocycles. The zero-order valence-electron chi connectivity index (χ0n) is 22.0. The van der Waals surface area contributed by atoms with Crippen LogP contribution >= 0.6 is 7.14 Å². The van der Waals surface area contributed by atoms with E-state index in [0.717, 1.165) is 6.07 Å². The first-order valence-corrected chi connectivity index (χ1v) is 14.3. The molecule has 1 aliphatic rings. The van der Waals surface area contributed by atoms with Gasteiger partial charge in [-0.1, -0.05) is 18.2 Å². The number of hydrogen-bond donors (Lipinski definition) is 1. The van der Waals surface area contributed by atoms with E-state index >= 15 is 0 Å². The number of carbonyl (C=O) groups is 1. The van der Waals surface area contributed by atoms with Crippen LogP contribution in [0.2, 0.25) is 0 Å². The zero-order chi connectivity index (χ0) is 27.8. The van der Waals surface area contributed by atoms with Crippen LogP contribution < -0.4 is 15.4 Å². The molecule has 3 aromatic rings. The summed E-state index contributed by atoms with van der Waals surface area (Å²) in [6.07, 6.45) is -2.34. The Kier molecular flexibility index (Phi) is 7.88. The molecule has 0 aliphatic carbocycles. The molecule has 204 valence electrons. The molecule has 1 saturated heterocycles. The number of carbonyl (C=O) groups excluding carboxylic acids is 1. The van der Waals surface area contributed by atoms with Crippen molar-refractivity contribution in [2.75, 3.05) is 51.9 Å². The molecule has 0 spiro atoms. The summed E-state index contributed by atoms with van der Waals surface area (Å²) >= 11 is 0. The molecule has 38 heavy (non-hydrogen) atoms. The maximum atomic E-state index is 14.8. The number of methoxy groups -OCH3 is 1. The van der Waals surface area contributed by atoms with Gasteiger partial charge >= 0.3 is 6.03 Å². The monoisotopic (exact) mass is 549 g/mol. The predicted molar refractivity (Wildman–Crippen MR) is 142 cm³/mol. The molecule has 1 atom stereocenters. The quantitative estimate of drug-likeness (QED) is 0.427. The number of hydrogen-bond acceptors (Lipinski definition) is 6. The Morgan fingerprint density at radius 3 is 2.42 bits per heavy atom. The average molecular weight is 550 g/mol. The van der Waals surface area contributed by atoms with Gasteiger partial charge in [-0.25, -0.2) is 27.9 Å². The number of aromatic nitrogens is 2. The minimum Gasteiger partial charge on any atom is -0.496 e. The summed E-state index contributed by atoms with van der Waals surface area (Å²) in [6, 6.07) is 6.51. The van der Waals surface area contributed by atoms with Crippen LogP contribution in [0.4, 0.5) is 23.8 Å². The number of fused-ring (bicyclic) bond motifs is 1. The van der Waals surface area contributed by atoms with E-state index in [4.69, 9.17) is 4.74 Å². The molecule has 8 nitrogen and oxygen atoms in total. The minimum atomic E-state index is -2.95. The van der Waals surface area contributed by atoms with E-state index < -0.39 is 31.0 Å². The molecule has 12 heteroatoms. The van der Waals surface area contributed by atoms with Crippen molar-refractivity contribution in [1.82, 2.24) is 19.8 Å². The zero-order valence-corrected chi connectivity index (χ0v) is 22.9. The van der Waals surface area contributed by atoms with Crippen molar-refractivity contribution in [2.24, 2.45) is 0 Å². The number of halogens is 3. The van der Waals surface area contributed by atoms with Crippen LogP contribution in [0.5, 0.6) is 5.75 Å². The third-order valence-corrected chi connectivity index (χ3v) is 9.85.